The second kappa shape index (κ2) is 17.7. The van der Waals surface area contributed by atoms with Crippen molar-refractivity contribution in [2.24, 2.45) is 0 Å². The summed E-state index contributed by atoms with van der Waals surface area (Å²) < 4.78 is 6.62. The molecule has 0 radical (unpaired) electrons. The molecule has 1 aromatic heterocycles. The third-order valence-electron chi connectivity index (χ3n) is 12.6. The Kier molecular flexibility index (Phi) is 10.5. The van der Waals surface area contributed by atoms with Crippen LogP contribution in [-0.2, 0) is 0 Å². The first-order chi connectivity index (χ1) is 33.7. The van der Waals surface area contributed by atoms with Crippen molar-refractivity contribution in [3.8, 4) is 22.6 Å². The van der Waals surface area contributed by atoms with E-state index in [-0.39, 0.29) is 0 Å². The molecule has 322 valence electrons. The van der Waals surface area contributed by atoms with Gasteiger partial charge in [0.25, 0.3) is 0 Å². The quantitative estimate of drug-likeness (QED) is 0.121. The molecule has 0 bridgehead atoms. The number of nitrogens with zero attached hydrogens (tertiary/aromatic N) is 4. The third kappa shape index (κ3) is 7.58. The molecule has 0 saturated carbocycles. The van der Waals surface area contributed by atoms with E-state index >= 15 is 0 Å². The average molecular weight is 873 g/mol. The summed E-state index contributed by atoms with van der Waals surface area (Å²) in [7, 11) is 0. The molecular formula is C63H44N4O. The summed E-state index contributed by atoms with van der Waals surface area (Å²) >= 11 is 0. The van der Waals surface area contributed by atoms with Gasteiger partial charge < -0.3 is 19.1 Å². The number of aromatic nitrogens is 1. The zero-order valence-corrected chi connectivity index (χ0v) is 37.1. The fraction of sp³-hybridized carbons (Fsp3) is 0. The molecule has 0 N–H and O–H groups in total. The van der Waals surface area contributed by atoms with Gasteiger partial charge in [-0.05, 0) is 137 Å². The van der Waals surface area contributed by atoms with Crippen LogP contribution in [0.5, 0.6) is 0 Å². The maximum Gasteiger partial charge on any atom is 0.227 e. The summed E-state index contributed by atoms with van der Waals surface area (Å²) in [5.74, 6) is 0.615. The third-order valence-corrected chi connectivity index (χ3v) is 12.6. The summed E-state index contributed by atoms with van der Waals surface area (Å²) in [6, 6.07) is 94.3. The molecule has 0 fully saturated rings. The lowest BCUT2D eigenvalue weighted by atomic mass is 9.98. The standard InChI is InChI=1S/C63H44N4O/c1-6-20-46(21-7-1)63-64-59-41-38-45-36-37-48-43-56(39-40-58(48)61(45)62(59)68-63)67(55-33-19-32-54(44-55)66(51-27-12-4-13-28-51)52-29-14-5-15-30-52)60-35-17-16-34-57(60)47-22-18-31-53(42-47)65(49-23-8-2-9-24-49)50-25-10-3-11-26-50/h1-44H. The van der Waals surface area contributed by atoms with E-state index < -0.39 is 0 Å². The zero-order chi connectivity index (χ0) is 45.2. The van der Waals surface area contributed by atoms with E-state index in [1.54, 1.807) is 0 Å². The van der Waals surface area contributed by atoms with Gasteiger partial charge in [0.1, 0.15) is 5.52 Å². The van der Waals surface area contributed by atoms with Gasteiger partial charge in [-0.2, -0.15) is 0 Å². The van der Waals surface area contributed by atoms with Gasteiger partial charge in [-0.1, -0.05) is 152 Å². The molecule has 0 amide bonds. The Labute approximate surface area is 395 Å². The van der Waals surface area contributed by atoms with Crippen LogP contribution in [0.15, 0.2) is 271 Å². The zero-order valence-electron chi connectivity index (χ0n) is 37.1. The van der Waals surface area contributed by atoms with Crippen molar-refractivity contribution in [2.75, 3.05) is 14.7 Å². The van der Waals surface area contributed by atoms with Gasteiger partial charge in [-0.3, -0.25) is 0 Å². The predicted octanol–water partition coefficient (Wildman–Crippen LogP) is 17.9. The number of benzene rings is 11. The van der Waals surface area contributed by atoms with E-state index in [9.17, 15) is 0 Å². The van der Waals surface area contributed by atoms with Crippen LogP contribution in [0.25, 0.3) is 55.2 Å². The molecule has 5 heteroatoms. The summed E-state index contributed by atoms with van der Waals surface area (Å²) in [6.07, 6.45) is 0. The Morgan fingerprint density at radius 3 is 1.38 bits per heavy atom. The van der Waals surface area contributed by atoms with E-state index in [1.807, 2.05) is 30.3 Å². The summed E-state index contributed by atoms with van der Waals surface area (Å²) in [4.78, 5) is 12.0. The number of para-hydroxylation sites is 5. The topological polar surface area (TPSA) is 35.8 Å². The molecule has 11 aromatic carbocycles. The fourth-order valence-electron chi connectivity index (χ4n) is 9.49. The van der Waals surface area contributed by atoms with Crippen LogP contribution in [-0.4, -0.2) is 4.98 Å². The Balaban J connectivity index is 1.05. The largest absolute Gasteiger partial charge is 0.435 e. The molecule has 0 aliphatic rings. The van der Waals surface area contributed by atoms with Crippen molar-refractivity contribution in [3.05, 3.63) is 267 Å². The monoisotopic (exact) mass is 872 g/mol. The number of anilines is 9. The Hall–Kier alpha value is -9.19. The second-order valence-corrected chi connectivity index (χ2v) is 16.8. The van der Waals surface area contributed by atoms with E-state index in [0.717, 1.165) is 101 Å². The van der Waals surface area contributed by atoms with Gasteiger partial charge in [0.2, 0.25) is 5.89 Å². The summed E-state index contributed by atoms with van der Waals surface area (Å²) in [5, 5.41) is 4.35. The number of oxazole rings is 1. The minimum atomic E-state index is 0.615. The SMILES string of the molecule is c1ccc(-c2nc3ccc4ccc5cc(N(c6cccc(N(c7ccccc7)c7ccccc7)c6)c6ccccc6-c6cccc(N(c7ccccc7)c7ccccc7)c6)ccc5c4c3o2)cc1. The van der Waals surface area contributed by atoms with Crippen molar-refractivity contribution in [3.63, 3.8) is 0 Å². The molecule has 1 heterocycles. The van der Waals surface area contributed by atoms with Crippen LogP contribution >= 0.6 is 0 Å². The minimum Gasteiger partial charge on any atom is -0.435 e. The molecule has 12 aromatic rings. The van der Waals surface area contributed by atoms with E-state index in [4.69, 9.17) is 9.40 Å². The van der Waals surface area contributed by atoms with Crippen LogP contribution in [0, 0.1) is 0 Å². The second-order valence-electron chi connectivity index (χ2n) is 16.8. The molecule has 0 spiro atoms. The molecule has 0 aliphatic heterocycles. The Morgan fingerprint density at radius 2 is 0.765 bits per heavy atom. The first kappa shape index (κ1) is 40.3. The van der Waals surface area contributed by atoms with Crippen molar-refractivity contribution >= 4 is 83.8 Å². The van der Waals surface area contributed by atoms with Gasteiger partial charge >= 0.3 is 0 Å². The van der Waals surface area contributed by atoms with Crippen LogP contribution in [0.2, 0.25) is 0 Å². The van der Waals surface area contributed by atoms with Gasteiger partial charge in [0.05, 0.1) is 5.69 Å². The highest BCUT2D eigenvalue weighted by molar-refractivity contribution is 6.18. The summed E-state index contributed by atoms with van der Waals surface area (Å²) in [5.41, 5.74) is 14.3. The van der Waals surface area contributed by atoms with Crippen LogP contribution in [0.4, 0.5) is 51.2 Å². The maximum atomic E-state index is 6.62. The average Bonchev–Trinajstić information content (AvgIpc) is 3.86. The van der Waals surface area contributed by atoms with Gasteiger partial charge in [0, 0.05) is 62.0 Å². The highest BCUT2D eigenvalue weighted by atomic mass is 16.3. The van der Waals surface area contributed by atoms with Crippen molar-refractivity contribution in [1.82, 2.24) is 4.98 Å². The van der Waals surface area contributed by atoms with Gasteiger partial charge in [-0.25, -0.2) is 4.98 Å². The van der Waals surface area contributed by atoms with Crippen LogP contribution in [0.3, 0.4) is 0 Å². The molecular weight excluding hydrogens is 829 g/mol. The lowest BCUT2D eigenvalue weighted by molar-refractivity contribution is 0.623. The van der Waals surface area contributed by atoms with E-state index in [1.165, 1.54) is 0 Å². The van der Waals surface area contributed by atoms with E-state index in [0.29, 0.717) is 5.89 Å². The highest BCUT2D eigenvalue weighted by Gasteiger charge is 2.22. The van der Waals surface area contributed by atoms with Gasteiger partial charge in [-0.15, -0.1) is 0 Å². The first-order valence-electron chi connectivity index (χ1n) is 23.0. The predicted molar refractivity (Wildman–Crippen MR) is 284 cm³/mol. The molecule has 0 atom stereocenters. The highest BCUT2D eigenvalue weighted by Crippen LogP contribution is 2.46. The lowest BCUT2D eigenvalue weighted by Crippen LogP contribution is -2.14. The summed E-state index contributed by atoms with van der Waals surface area (Å²) in [6.45, 7) is 0. The molecule has 68 heavy (non-hydrogen) atoms. The van der Waals surface area contributed by atoms with Gasteiger partial charge in [0.15, 0.2) is 5.58 Å². The number of rotatable bonds is 11. The Bertz CT molecular complexity index is 3610. The first-order valence-corrected chi connectivity index (χ1v) is 23.0. The Morgan fingerprint density at radius 1 is 0.309 bits per heavy atom. The van der Waals surface area contributed by atoms with E-state index in [2.05, 4.69) is 251 Å². The minimum absolute atomic E-state index is 0.615. The van der Waals surface area contributed by atoms with Crippen molar-refractivity contribution in [1.29, 1.82) is 0 Å². The molecule has 5 nitrogen and oxygen atoms in total. The fourth-order valence-corrected chi connectivity index (χ4v) is 9.49. The molecule has 12 rings (SSSR count). The number of hydrogen-bond donors (Lipinski definition) is 0. The normalized spacial score (nSPS) is 11.2. The van der Waals surface area contributed by atoms with Crippen molar-refractivity contribution in [2.45, 2.75) is 0 Å². The molecule has 0 unspecified atom stereocenters. The lowest BCUT2D eigenvalue weighted by Gasteiger charge is -2.31. The van der Waals surface area contributed by atoms with Crippen LogP contribution in [0.1, 0.15) is 0 Å². The van der Waals surface area contributed by atoms with Crippen LogP contribution < -0.4 is 14.7 Å². The number of hydrogen-bond acceptors (Lipinski definition) is 5. The van der Waals surface area contributed by atoms with Crippen molar-refractivity contribution < 1.29 is 4.42 Å². The maximum absolute atomic E-state index is 6.62. The number of fused-ring (bicyclic) bond motifs is 5. The molecule has 0 saturated heterocycles. The molecule has 0 aliphatic carbocycles. The smallest absolute Gasteiger partial charge is 0.227 e.